The maximum absolute atomic E-state index is 12.6. The van der Waals surface area contributed by atoms with Crippen molar-refractivity contribution in [1.82, 2.24) is 9.78 Å². The van der Waals surface area contributed by atoms with Crippen LogP contribution in [0, 0.1) is 0 Å². The molecule has 1 amide bonds. The number of rotatable bonds is 6. The molecule has 0 bridgehead atoms. The van der Waals surface area contributed by atoms with Crippen molar-refractivity contribution in [2.75, 3.05) is 12.4 Å². The Morgan fingerprint density at radius 1 is 1.23 bits per heavy atom. The molecule has 2 aromatic rings. The zero-order chi connectivity index (χ0) is 18.5. The predicted molar refractivity (Wildman–Crippen MR) is 99.7 cm³/mol. The van der Waals surface area contributed by atoms with E-state index in [1.165, 1.54) is 26.2 Å². The maximum Gasteiger partial charge on any atom is 0.230 e. The molecular weight excluding hydrogens is 330 g/mol. The van der Waals surface area contributed by atoms with Gasteiger partial charge in [0.05, 0.1) is 25.8 Å². The van der Waals surface area contributed by atoms with Gasteiger partial charge in [0.15, 0.2) is 5.78 Å². The molecule has 0 unspecified atom stereocenters. The van der Waals surface area contributed by atoms with Crippen molar-refractivity contribution in [2.24, 2.45) is 0 Å². The van der Waals surface area contributed by atoms with E-state index < -0.39 is 0 Å². The van der Waals surface area contributed by atoms with E-state index in [1.54, 1.807) is 31.5 Å². The molecule has 1 fully saturated rings. The van der Waals surface area contributed by atoms with Crippen molar-refractivity contribution in [3.63, 3.8) is 0 Å². The van der Waals surface area contributed by atoms with Gasteiger partial charge >= 0.3 is 0 Å². The molecule has 3 rings (SSSR count). The molecule has 0 radical (unpaired) electrons. The van der Waals surface area contributed by atoms with Crippen LogP contribution in [0.1, 0.15) is 61.0 Å². The van der Waals surface area contributed by atoms with E-state index in [0.29, 0.717) is 22.9 Å². The van der Waals surface area contributed by atoms with Gasteiger partial charge in [-0.25, -0.2) is 4.68 Å². The third-order valence-electron chi connectivity index (χ3n) is 4.90. The Morgan fingerprint density at radius 2 is 2.00 bits per heavy atom. The van der Waals surface area contributed by atoms with E-state index in [0.717, 1.165) is 18.7 Å². The van der Waals surface area contributed by atoms with Crippen LogP contribution in [0.2, 0.25) is 0 Å². The first kappa shape index (κ1) is 18.2. The van der Waals surface area contributed by atoms with Crippen molar-refractivity contribution >= 4 is 17.5 Å². The van der Waals surface area contributed by atoms with Gasteiger partial charge in [-0.1, -0.05) is 19.3 Å². The van der Waals surface area contributed by atoms with Crippen LogP contribution >= 0.6 is 0 Å². The van der Waals surface area contributed by atoms with E-state index in [-0.39, 0.29) is 18.1 Å². The minimum atomic E-state index is -0.151. The van der Waals surface area contributed by atoms with Gasteiger partial charge < -0.3 is 10.1 Å². The number of ether oxygens (including phenoxy) is 1. The topological polar surface area (TPSA) is 73.2 Å². The Labute approximate surface area is 153 Å². The highest BCUT2D eigenvalue weighted by Crippen LogP contribution is 2.30. The third-order valence-corrected chi connectivity index (χ3v) is 4.90. The van der Waals surface area contributed by atoms with Gasteiger partial charge in [-0.05, 0) is 38.0 Å². The minimum absolute atomic E-state index is 0.0373. The van der Waals surface area contributed by atoms with Crippen molar-refractivity contribution in [3.8, 4) is 5.75 Å². The number of anilines is 1. The zero-order valence-corrected chi connectivity index (χ0v) is 15.3. The fourth-order valence-corrected chi connectivity index (χ4v) is 3.53. The molecule has 6 nitrogen and oxygen atoms in total. The highest BCUT2D eigenvalue weighted by atomic mass is 16.5. The number of nitrogens with zero attached hydrogens (tertiary/aromatic N) is 2. The number of benzene rings is 1. The molecule has 26 heavy (non-hydrogen) atoms. The Kier molecular flexibility index (Phi) is 5.71. The van der Waals surface area contributed by atoms with E-state index in [4.69, 9.17) is 4.74 Å². The van der Waals surface area contributed by atoms with Crippen molar-refractivity contribution < 1.29 is 14.3 Å². The predicted octanol–water partition coefficient (Wildman–Crippen LogP) is 3.78. The average Bonchev–Trinajstić information content (AvgIpc) is 3.10. The quantitative estimate of drug-likeness (QED) is 0.800. The molecule has 0 saturated heterocycles. The molecule has 6 heteroatoms. The summed E-state index contributed by atoms with van der Waals surface area (Å²) >= 11 is 0. The van der Waals surface area contributed by atoms with E-state index in [9.17, 15) is 9.59 Å². The molecule has 1 aliphatic rings. The number of carbonyl (C=O) groups is 2. The largest absolute Gasteiger partial charge is 0.496 e. The van der Waals surface area contributed by atoms with Crippen LogP contribution in [-0.2, 0) is 11.2 Å². The number of Topliss-reactive ketones (excluding diaryl/α,β-unsaturated/α-hetero) is 1. The molecule has 0 atom stereocenters. The smallest absolute Gasteiger partial charge is 0.230 e. The highest BCUT2D eigenvalue weighted by Gasteiger charge is 2.19. The van der Waals surface area contributed by atoms with Gasteiger partial charge in [0.1, 0.15) is 11.6 Å². The first-order chi connectivity index (χ1) is 12.6. The standard InChI is InChI=1S/C20H25N3O3/c1-14(24)15-8-9-18(26-2)16(12-15)13-20(25)22-19-10-11-21-23(19)17-6-4-3-5-7-17/h8-12,17H,3-7,13H2,1-2H3,(H,22,25). The van der Waals surface area contributed by atoms with E-state index in [1.807, 2.05) is 10.7 Å². The number of amides is 1. The van der Waals surface area contributed by atoms with Gasteiger partial charge in [0, 0.05) is 17.2 Å². The van der Waals surface area contributed by atoms with Crippen LogP contribution in [0.15, 0.2) is 30.5 Å². The summed E-state index contributed by atoms with van der Waals surface area (Å²) in [4.78, 5) is 24.2. The number of hydrogen-bond acceptors (Lipinski definition) is 4. The molecule has 1 saturated carbocycles. The lowest BCUT2D eigenvalue weighted by Crippen LogP contribution is -2.21. The van der Waals surface area contributed by atoms with E-state index >= 15 is 0 Å². The molecular formula is C20H25N3O3. The lowest BCUT2D eigenvalue weighted by molar-refractivity contribution is -0.115. The summed E-state index contributed by atoms with van der Waals surface area (Å²) in [5.74, 6) is 1.14. The number of nitrogens with one attached hydrogen (secondary N) is 1. The van der Waals surface area contributed by atoms with Gasteiger partial charge in [0.25, 0.3) is 0 Å². The highest BCUT2D eigenvalue weighted by molar-refractivity contribution is 5.96. The number of aromatic nitrogens is 2. The normalized spacial score (nSPS) is 14.8. The third kappa shape index (κ3) is 4.12. The Balaban J connectivity index is 1.73. The summed E-state index contributed by atoms with van der Waals surface area (Å²) in [6.07, 6.45) is 7.73. The van der Waals surface area contributed by atoms with Crippen molar-refractivity contribution in [3.05, 3.63) is 41.6 Å². The van der Waals surface area contributed by atoms with Gasteiger partial charge in [0.2, 0.25) is 5.91 Å². The summed E-state index contributed by atoms with van der Waals surface area (Å²) in [6, 6.07) is 7.34. The van der Waals surface area contributed by atoms with Crippen LogP contribution in [0.25, 0.3) is 0 Å². The van der Waals surface area contributed by atoms with Gasteiger partial charge in [-0.15, -0.1) is 0 Å². The fraction of sp³-hybridized carbons (Fsp3) is 0.450. The first-order valence-corrected chi connectivity index (χ1v) is 9.09. The van der Waals surface area contributed by atoms with Crippen LogP contribution < -0.4 is 10.1 Å². The summed E-state index contributed by atoms with van der Waals surface area (Å²) in [7, 11) is 1.56. The zero-order valence-electron chi connectivity index (χ0n) is 15.3. The number of methoxy groups -OCH3 is 1. The van der Waals surface area contributed by atoms with E-state index in [2.05, 4.69) is 10.4 Å². The lowest BCUT2D eigenvalue weighted by Gasteiger charge is -2.24. The summed E-state index contributed by atoms with van der Waals surface area (Å²) in [5.41, 5.74) is 1.27. The number of hydrogen-bond donors (Lipinski definition) is 1. The Morgan fingerprint density at radius 3 is 2.69 bits per heavy atom. The fourth-order valence-electron chi connectivity index (χ4n) is 3.53. The van der Waals surface area contributed by atoms with Crippen LogP contribution in [0.3, 0.4) is 0 Å². The second-order valence-corrected chi connectivity index (χ2v) is 6.76. The van der Waals surface area contributed by atoms with Crippen LogP contribution in [0.5, 0.6) is 5.75 Å². The minimum Gasteiger partial charge on any atom is -0.496 e. The Hall–Kier alpha value is -2.63. The molecule has 1 aromatic carbocycles. The second kappa shape index (κ2) is 8.17. The molecule has 1 aromatic heterocycles. The lowest BCUT2D eigenvalue weighted by atomic mass is 9.96. The summed E-state index contributed by atoms with van der Waals surface area (Å²) < 4.78 is 7.26. The van der Waals surface area contributed by atoms with Gasteiger partial charge in [-0.3, -0.25) is 9.59 Å². The SMILES string of the molecule is COc1ccc(C(C)=O)cc1CC(=O)Nc1ccnn1C1CCCCC1. The molecule has 138 valence electrons. The Bertz CT molecular complexity index is 791. The van der Waals surface area contributed by atoms with Crippen molar-refractivity contribution in [1.29, 1.82) is 0 Å². The maximum atomic E-state index is 12.6. The number of carbonyl (C=O) groups excluding carboxylic acids is 2. The van der Waals surface area contributed by atoms with Crippen LogP contribution in [-0.4, -0.2) is 28.6 Å². The molecule has 0 aliphatic heterocycles. The molecule has 1 heterocycles. The van der Waals surface area contributed by atoms with Crippen molar-refractivity contribution in [2.45, 2.75) is 51.5 Å². The summed E-state index contributed by atoms with van der Waals surface area (Å²) in [5, 5.41) is 7.36. The monoisotopic (exact) mass is 355 g/mol. The first-order valence-electron chi connectivity index (χ1n) is 9.09. The average molecular weight is 355 g/mol. The second-order valence-electron chi connectivity index (χ2n) is 6.76. The number of ketones is 1. The molecule has 1 aliphatic carbocycles. The van der Waals surface area contributed by atoms with Gasteiger partial charge in [-0.2, -0.15) is 5.10 Å². The molecule has 1 N–H and O–H groups in total. The molecule has 0 spiro atoms. The van der Waals surface area contributed by atoms with Crippen LogP contribution in [0.4, 0.5) is 5.82 Å². The summed E-state index contributed by atoms with van der Waals surface area (Å²) in [6.45, 7) is 1.51.